The van der Waals surface area contributed by atoms with Gasteiger partial charge in [0.25, 0.3) is 5.69 Å². The molecule has 160 valence electrons. The van der Waals surface area contributed by atoms with Gasteiger partial charge in [-0.15, -0.1) is 0 Å². The number of rotatable bonds is 10. The Labute approximate surface area is 181 Å². The first-order valence-corrected chi connectivity index (χ1v) is 9.98. The fourth-order valence-corrected chi connectivity index (χ4v) is 2.84. The van der Waals surface area contributed by atoms with E-state index in [9.17, 15) is 10.1 Å². The van der Waals surface area contributed by atoms with Crippen LogP contribution < -0.4 is 14.9 Å². The summed E-state index contributed by atoms with van der Waals surface area (Å²) in [6.07, 6.45) is 2.44. The lowest BCUT2D eigenvalue weighted by molar-refractivity contribution is -0.384. The minimum absolute atomic E-state index is 0.0406. The molecule has 0 fully saturated rings. The average molecular weight is 419 g/mol. The highest BCUT2D eigenvalue weighted by molar-refractivity contribution is 5.80. The summed E-state index contributed by atoms with van der Waals surface area (Å²) in [6.45, 7) is 5.27. The monoisotopic (exact) mass is 419 g/mol. The van der Waals surface area contributed by atoms with Crippen LogP contribution >= 0.6 is 0 Å². The summed E-state index contributed by atoms with van der Waals surface area (Å²) in [6, 6.07) is 19.7. The number of nitrogens with zero attached hydrogens (tertiary/aromatic N) is 2. The zero-order valence-electron chi connectivity index (χ0n) is 17.6. The number of ether oxygens (including phenoxy) is 2. The number of nitrogens with one attached hydrogen (secondary N) is 1. The van der Waals surface area contributed by atoms with Crippen molar-refractivity contribution < 1.29 is 14.4 Å². The molecule has 0 heterocycles. The Bertz CT molecular complexity index is 1050. The van der Waals surface area contributed by atoms with E-state index in [0.717, 1.165) is 29.0 Å². The van der Waals surface area contributed by atoms with E-state index < -0.39 is 4.92 Å². The molecular formula is C24H25N3O4. The summed E-state index contributed by atoms with van der Waals surface area (Å²) in [4.78, 5) is 10.2. The summed E-state index contributed by atoms with van der Waals surface area (Å²) in [5.41, 5.74) is 6.81. The second kappa shape index (κ2) is 10.8. The van der Waals surface area contributed by atoms with E-state index >= 15 is 0 Å². The third-order valence-corrected chi connectivity index (χ3v) is 4.71. The molecule has 1 N–H and O–H groups in total. The molecular weight excluding hydrogens is 394 g/mol. The standard InChI is InChI=1S/C24H25N3O4/c1-18-6-3-9-24(19(18)2)31-15-5-14-30-23-8-4-7-20(16-23)17-25-26-21-10-12-22(13-11-21)27(28)29/h3-4,6-13,16-17,26H,5,14-15H2,1-2H3/b25-17-. The van der Waals surface area contributed by atoms with E-state index in [0.29, 0.717) is 18.9 Å². The van der Waals surface area contributed by atoms with Crippen molar-refractivity contribution in [3.63, 3.8) is 0 Å². The molecule has 0 saturated carbocycles. The molecule has 0 aliphatic heterocycles. The molecule has 0 saturated heterocycles. The molecule has 0 radical (unpaired) electrons. The summed E-state index contributed by atoms with van der Waals surface area (Å²) >= 11 is 0. The molecule has 3 aromatic rings. The topological polar surface area (TPSA) is 86.0 Å². The third-order valence-electron chi connectivity index (χ3n) is 4.71. The van der Waals surface area contributed by atoms with E-state index in [2.05, 4.69) is 30.4 Å². The number of hydrogen-bond acceptors (Lipinski definition) is 6. The number of benzene rings is 3. The van der Waals surface area contributed by atoms with Crippen LogP contribution in [0.1, 0.15) is 23.1 Å². The van der Waals surface area contributed by atoms with Gasteiger partial charge in [-0.3, -0.25) is 15.5 Å². The van der Waals surface area contributed by atoms with Gasteiger partial charge in [-0.05, 0) is 60.9 Å². The SMILES string of the molecule is Cc1cccc(OCCCOc2cccc(/C=N\Nc3ccc([N+](=O)[O-])cc3)c2)c1C. The van der Waals surface area contributed by atoms with Gasteiger partial charge in [-0.25, -0.2) is 0 Å². The van der Waals surface area contributed by atoms with Crippen LogP contribution in [0.5, 0.6) is 11.5 Å². The molecule has 3 rings (SSSR count). The van der Waals surface area contributed by atoms with Crippen molar-refractivity contribution in [1.29, 1.82) is 0 Å². The number of non-ortho nitro benzene ring substituents is 1. The van der Waals surface area contributed by atoms with Crippen molar-refractivity contribution in [3.8, 4) is 11.5 Å². The lowest BCUT2D eigenvalue weighted by atomic mass is 10.1. The van der Waals surface area contributed by atoms with Crippen LogP contribution in [0.2, 0.25) is 0 Å². The number of aryl methyl sites for hydroxylation is 1. The highest BCUT2D eigenvalue weighted by Crippen LogP contribution is 2.21. The van der Waals surface area contributed by atoms with Crippen LogP contribution in [0.3, 0.4) is 0 Å². The smallest absolute Gasteiger partial charge is 0.269 e. The van der Waals surface area contributed by atoms with Crippen LogP contribution in [0.15, 0.2) is 71.8 Å². The molecule has 0 atom stereocenters. The van der Waals surface area contributed by atoms with Gasteiger partial charge < -0.3 is 9.47 Å². The van der Waals surface area contributed by atoms with Crippen LogP contribution in [0.25, 0.3) is 0 Å². The molecule has 0 aliphatic carbocycles. The summed E-state index contributed by atoms with van der Waals surface area (Å²) in [5.74, 6) is 1.67. The van der Waals surface area contributed by atoms with Gasteiger partial charge in [-0.2, -0.15) is 5.10 Å². The highest BCUT2D eigenvalue weighted by atomic mass is 16.6. The second-order valence-corrected chi connectivity index (χ2v) is 6.99. The highest BCUT2D eigenvalue weighted by Gasteiger charge is 2.03. The number of nitro benzene ring substituents is 1. The molecule has 0 bridgehead atoms. The van der Waals surface area contributed by atoms with Gasteiger partial charge >= 0.3 is 0 Å². The van der Waals surface area contributed by atoms with Crippen LogP contribution in [-0.4, -0.2) is 24.4 Å². The zero-order valence-corrected chi connectivity index (χ0v) is 17.6. The number of hydrogen-bond donors (Lipinski definition) is 1. The molecule has 0 aromatic heterocycles. The maximum Gasteiger partial charge on any atom is 0.269 e. The molecule has 3 aromatic carbocycles. The Kier molecular flexibility index (Phi) is 7.59. The van der Waals surface area contributed by atoms with Gasteiger partial charge in [0.05, 0.1) is 30.0 Å². The molecule has 7 nitrogen and oxygen atoms in total. The predicted molar refractivity (Wildman–Crippen MR) is 122 cm³/mol. The van der Waals surface area contributed by atoms with Gasteiger partial charge in [-0.1, -0.05) is 24.3 Å². The quantitative estimate of drug-likeness (QED) is 0.203. The van der Waals surface area contributed by atoms with E-state index in [1.54, 1.807) is 18.3 Å². The van der Waals surface area contributed by atoms with Gasteiger partial charge in [0, 0.05) is 18.6 Å². The minimum atomic E-state index is -0.436. The van der Waals surface area contributed by atoms with Gasteiger partial charge in [0.2, 0.25) is 0 Å². The van der Waals surface area contributed by atoms with Crippen molar-refractivity contribution in [3.05, 3.63) is 93.5 Å². The fraction of sp³-hybridized carbons (Fsp3) is 0.208. The largest absolute Gasteiger partial charge is 0.493 e. The molecule has 0 spiro atoms. The predicted octanol–water partition coefficient (Wildman–Crippen LogP) is 5.51. The van der Waals surface area contributed by atoms with E-state index in [1.807, 2.05) is 36.4 Å². The molecule has 7 heteroatoms. The number of hydrazone groups is 1. The Morgan fingerprint density at radius 1 is 1.00 bits per heavy atom. The van der Waals surface area contributed by atoms with Crippen LogP contribution in [0, 0.1) is 24.0 Å². The van der Waals surface area contributed by atoms with Crippen LogP contribution in [-0.2, 0) is 0 Å². The van der Waals surface area contributed by atoms with Gasteiger partial charge in [0.1, 0.15) is 11.5 Å². The fourth-order valence-electron chi connectivity index (χ4n) is 2.84. The van der Waals surface area contributed by atoms with E-state index in [-0.39, 0.29) is 5.69 Å². The first-order valence-electron chi connectivity index (χ1n) is 9.98. The average Bonchev–Trinajstić information content (AvgIpc) is 2.77. The first-order chi connectivity index (χ1) is 15.0. The summed E-state index contributed by atoms with van der Waals surface area (Å²) in [7, 11) is 0. The number of anilines is 1. The summed E-state index contributed by atoms with van der Waals surface area (Å²) < 4.78 is 11.7. The maximum atomic E-state index is 10.7. The Hall–Kier alpha value is -3.87. The Morgan fingerprint density at radius 3 is 2.52 bits per heavy atom. The first kappa shape index (κ1) is 21.8. The Morgan fingerprint density at radius 2 is 1.74 bits per heavy atom. The lowest BCUT2D eigenvalue weighted by Gasteiger charge is -2.11. The second-order valence-electron chi connectivity index (χ2n) is 6.99. The van der Waals surface area contributed by atoms with E-state index in [1.165, 1.54) is 17.7 Å². The van der Waals surface area contributed by atoms with Crippen LogP contribution in [0.4, 0.5) is 11.4 Å². The summed E-state index contributed by atoms with van der Waals surface area (Å²) in [5, 5.41) is 14.8. The molecule has 31 heavy (non-hydrogen) atoms. The normalized spacial score (nSPS) is 10.8. The minimum Gasteiger partial charge on any atom is -0.493 e. The zero-order chi connectivity index (χ0) is 22.1. The van der Waals surface area contributed by atoms with Crippen molar-refractivity contribution in [1.82, 2.24) is 0 Å². The van der Waals surface area contributed by atoms with Gasteiger partial charge in [0.15, 0.2) is 0 Å². The van der Waals surface area contributed by atoms with Crippen molar-refractivity contribution >= 4 is 17.6 Å². The van der Waals surface area contributed by atoms with Crippen molar-refractivity contribution in [2.75, 3.05) is 18.6 Å². The molecule has 0 aliphatic rings. The maximum absolute atomic E-state index is 10.7. The van der Waals surface area contributed by atoms with E-state index in [4.69, 9.17) is 9.47 Å². The van der Waals surface area contributed by atoms with Crippen molar-refractivity contribution in [2.45, 2.75) is 20.3 Å². The lowest BCUT2D eigenvalue weighted by Crippen LogP contribution is -2.06. The third kappa shape index (κ3) is 6.57. The van der Waals surface area contributed by atoms with Crippen molar-refractivity contribution in [2.24, 2.45) is 5.10 Å². The molecule has 0 amide bonds. The number of nitro groups is 1. The Balaban J connectivity index is 1.43. The molecule has 0 unspecified atom stereocenters.